The van der Waals surface area contributed by atoms with Crippen molar-refractivity contribution < 1.29 is 24.3 Å². The van der Waals surface area contributed by atoms with Crippen LogP contribution in [0.15, 0.2) is 30.3 Å². The van der Waals surface area contributed by atoms with Gasteiger partial charge in [-0.3, -0.25) is 19.2 Å². The molecule has 0 saturated heterocycles. The SMILES string of the molecule is CC(C)C[C@H](NC(=O)CNC(=O)[C@H](Cc1ccccc1)NC(=O)[C@@H](N)CO)C(N)=O. The molecule has 0 aliphatic carbocycles. The minimum atomic E-state index is -1.17. The minimum absolute atomic E-state index is 0.138. The number of rotatable bonds is 12. The Hall–Kier alpha value is -2.98. The van der Waals surface area contributed by atoms with E-state index in [4.69, 9.17) is 16.6 Å². The first kappa shape index (κ1) is 25.1. The lowest BCUT2D eigenvalue weighted by Crippen LogP contribution is -2.55. The van der Waals surface area contributed by atoms with Crippen molar-refractivity contribution in [1.82, 2.24) is 16.0 Å². The van der Waals surface area contributed by atoms with Gasteiger partial charge in [0.2, 0.25) is 23.6 Å². The second-order valence-corrected chi connectivity index (χ2v) is 7.41. The number of nitrogens with one attached hydrogen (secondary N) is 3. The van der Waals surface area contributed by atoms with Crippen LogP contribution in [0.5, 0.6) is 0 Å². The molecule has 3 atom stereocenters. The molecular formula is C20H31N5O5. The molecule has 1 aromatic rings. The number of carbonyl (C=O) groups is 4. The first-order valence-electron chi connectivity index (χ1n) is 9.71. The number of amides is 4. The molecule has 1 aromatic carbocycles. The van der Waals surface area contributed by atoms with Gasteiger partial charge in [-0.15, -0.1) is 0 Å². The molecule has 4 amide bonds. The van der Waals surface area contributed by atoms with Crippen molar-refractivity contribution >= 4 is 23.6 Å². The quantitative estimate of drug-likeness (QED) is 0.231. The Morgan fingerprint density at radius 1 is 1.00 bits per heavy atom. The summed E-state index contributed by atoms with van der Waals surface area (Å²) in [5.41, 5.74) is 11.6. The Labute approximate surface area is 175 Å². The van der Waals surface area contributed by atoms with Gasteiger partial charge in [0.15, 0.2) is 0 Å². The normalized spacial score (nSPS) is 13.8. The topological polar surface area (TPSA) is 177 Å². The summed E-state index contributed by atoms with van der Waals surface area (Å²) >= 11 is 0. The summed E-state index contributed by atoms with van der Waals surface area (Å²) in [4.78, 5) is 48.2. The molecule has 0 saturated carbocycles. The fraction of sp³-hybridized carbons (Fsp3) is 0.500. The van der Waals surface area contributed by atoms with Crippen LogP contribution in [0.2, 0.25) is 0 Å². The van der Waals surface area contributed by atoms with Gasteiger partial charge < -0.3 is 32.5 Å². The van der Waals surface area contributed by atoms with Gasteiger partial charge in [-0.05, 0) is 17.9 Å². The number of benzene rings is 1. The molecule has 10 heteroatoms. The predicted molar refractivity (Wildman–Crippen MR) is 111 cm³/mol. The summed E-state index contributed by atoms with van der Waals surface area (Å²) in [7, 11) is 0. The highest BCUT2D eigenvalue weighted by molar-refractivity contribution is 5.93. The molecule has 166 valence electrons. The molecule has 0 aliphatic heterocycles. The summed E-state index contributed by atoms with van der Waals surface area (Å²) in [5.74, 6) is -2.39. The van der Waals surface area contributed by atoms with Gasteiger partial charge in [0.05, 0.1) is 13.2 Å². The van der Waals surface area contributed by atoms with Crippen LogP contribution in [0, 0.1) is 5.92 Å². The maximum absolute atomic E-state index is 12.6. The van der Waals surface area contributed by atoms with Crippen molar-refractivity contribution in [2.75, 3.05) is 13.2 Å². The fourth-order valence-electron chi connectivity index (χ4n) is 2.67. The van der Waals surface area contributed by atoms with Gasteiger partial charge in [0, 0.05) is 6.42 Å². The summed E-state index contributed by atoms with van der Waals surface area (Å²) in [5, 5.41) is 16.5. The standard InChI is InChI=1S/C20H31N5O5/c1-12(2)8-15(18(22)28)24-17(27)10-23-20(30)16(25-19(29)14(21)11-26)9-13-6-4-3-5-7-13/h3-7,12,14-16,26H,8-11,21H2,1-2H3,(H2,22,28)(H,23,30)(H,24,27)(H,25,29)/t14-,15-,16-/m0/s1. The summed E-state index contributed by atoms with van der Waals surface area (Å²) in [6.07, 6.45) is 0.538. The predicted octanol–water partition coefficient (Wildman–Crippen LogP) is -1.83. The van der Waals surface area contributed by atoms with Gasteiger partial charge in [0.25, 0.3) is 0 Å². The number of carbonyl (C=O) groups excluding carboxylic acids is 4. The van der Waals surface area contributed by atoms with E-state index >= 15 is 0 Å². The van der Waals surface area contributed by atoms with Crippen molar-refractivity contribution in [1.29, 1.82) is 0 Å². The highest BCUT2D eigenvalue weighted by Crippen LogP contribution is 2.05. The van der Waals surface area contributed by atoms with Crippen molar-refractivity contribution in [2.45, 2.75) is 44.8 Å². The number of aliphatic hydroxyl groups excluding tert-OH is 1. The van der Waals surface area contributed by atoms with Gasteiger partial charge in [-0.25, -0.2) is 0 Å². The molecule has 30 heavy (non-hydrogen) atoms. The average molecular weight is 421 g/mol. The van der Waals surface area contributed by atoms with Crippen LogP contribution < -0.4 is 27.4 Å². The van der Waals surface area contributed by atoms with E-state index in [2.05, 4.69) is 16.0 Å². The summed E-state index contributed by atoms with van der Waals surface area (Å²) < 4.78 is 0. The van der Waals surface area contributed by atoms with E-state index in [0.29, 0.717) is 6.42 Å². The molecule has 0 aliphatic rings. The molecule has 0 heterocycles. The number of aliphatic hydroxyl groups is 1. The third kappa shape index (κ3) is 9.01. The van der Waals surface area contributed by atoms with E-state index in [1.54, 1.807) is 24.3 Å². The lowest BCUT2D eigenvalue weighted by molar-refractivity contribution is -0.131. The molecule has 8 N–H and O–H groups in total. The number of hydrogen-bond donors (Lipinski definition) is 6. The molecule has 0 unspecified atom stereocenters. The first-order chi connectivity index (χ1) is 14.1. The third-order valence-corrected chi connectivity index (χ3v) is 4.26. The third-order valence-electron chi connectivity index (χ3n) is 4.26. The molecule has 0 aromatic heterocycles. The maximum Gasteiger partial charge on any atom is 0.243 e. The van der Waals surface area contributed by atoms with Crippen LogP contribution in [0.3, 0.4) is 0 Å². The Kier molecular flexibility index (Phi) is 10.5. The molecule has 0 radical (unpaired) electrons. The Balaban J connectivity index is 2.74. The average Bonchev–Trinajstić information content (AvgIpc) is 2.70. The van der Waals surface area contributed by atoms with Gasteiger partial charge in [-0.2, -0.15) is 0 Å². The highest BCUT2D eigenvalue weighted by atomic mass is 16.3. The largest absolute Gasteiger partial charge is 0.394 e. The maximum atomic E-state index is 12.6. The zero-order valence-electron chi connectivity index (χ0n) is 17.3. The van der Waals surface area contributed by atoms with E-state index < -0.39 is 54.9 Å². The minimum Gasteiger partial charge on any atom is -0.394 e. The molecule has 1 rings (SSSR count). The van der Waals surface area contributed by atoms with E-state index in [9.17, 15) is 19.2 Å². The second kappa shape index (κ2) is 12.6. The molecule has 0 bridgehead atoms. The van der Waals surface area contributed by atoms with Crippen LogP contribution in [0.4, 0.5) is 0 Å². The van der Waals surface area contributed by atoms with E-state index in [1.165, 1.54) is 0 Å². The second-order valence-electron chi connectivity index (χ2n) is 7.41. The van der Waals surface area contributed by atoms with Gasteiger partial charge in [0.1, 0.15) is 18.1 Å². The lowest BCUT2D eigenvalue weighted by atomic mass is 10.0. The monoisotopic (exact) mass is 421 g/mol. The molecule has 10 nitrogen and oxygen atoms in total. The molecule has 0 spiro atoms. The Morgan fingerprint density at radius 3 is 2.17 bits per heavy atom. The van der Waals surface area contributed by atoms with Crippen molar-refractivity contribution in [3.8, 4) is 0 Å². The number of primary amides is 1. The Bertz CT molecular complexity index is 726. The first-order valence-corrected chi connectivity index (χ1v) is 9.71. The Morgan fingerprint density at radius 2 is 1.63 bits per heavy atom. The summed E-state index contributed by atoms with van der Waals surface area (Å²) in [6, 6.07) is 5.95. The lowest BCUT2D eigenvalue weighted by Gasteiger charge is -2.21. The summed E-state index contributed by atoms with van der Waals surface area (Å²) in [6.45, 7) is 2.81. The molecular weight excluding hydrogens is 390 g/mol. The zero-order chi connectivity index (χ0) is 22.7. The van der Waals surface area contributed by atoms with Crippen LogP contribution in [-0.4, -0.2) is 60.0 Å². The van der Waals surface area contributed by atoms with Crippen molar-refractivity contribution in [3.05, 3.63) is 35.9 Å². The van der Waals surface area contributed by atoms with E-state index in [0.717, 1.165) is 5.56 Å². The fourth-order valence-corrected chi connectivity index (χ4v) is 2.67. The number of hydrogen-bond acceptors (Lipinski definition) is 6. The van der Waals surface area contributed by atoms with E-state index in [1.807, 2.05) is 19.9 Å². The zero-order valence-corrected chi connectivity index (χ0v) is 17.3. The van der Waals surface area contributed by atoms with Crippen LogP contribution >= 0.6 is 0 Å². The number of nitrogens with two attached hydrogens (primary N) is 2. The smallest absolute Gasteiger partial charge is 0.243 e. The van der Waals surface area contributed by atoms with Crippen molar-refractivity contribution in [2.24, 2.45) is 17.4 Å². The van der Waals surface area contributed by atoms with E-state index in [-0.39, 0.29) is 12.3 Å². The van der Waals surface area contributed by atoms with Crippen LogP contribution in [0.25, 0.3) is 0 Å². The van der Waals surface area contributed by atoms with Gasteiger partial charge in [-0.1, -0.05) is 44.2 Å². The van der Waals surface area contributed by atoms with Gasteiger partial charge >= 0.3 is 0 Å². The van der Waals surface area contributed by atoms with Crippen molar-refractivity contribution in [3.63, 3.8) is 0 Å². The molecule has 0 fully saturated rings. The van der Waals surface area contributed by atoms with Crippen LogP contribution in [0.1, 0.15) is 25.8 Å². The highest BCUT2D eigenvalue weighted by Gasteiger charge is 2.25. The van der Waals surface area contributed by atoms with Crippen LogP contribution in [-0.2, 0) is 25.6 Å².